The molecule has 2 fully saturated rings. The molecule has 2 atom stereocenters. The molecule has 0 radical (unpaired) electrons. The summed E-state index contributed by atoms with van der Waals surface area (Å²) in [4.78, 5) is 42.0. The number of likely N-dealkylation sites (tertiary alicyclic amines) is 1. The van der Waals surface area contributed by atoms with Crippen molar-refractivity contribution in [1.29, 1.82) is 0 Å². The second-order valence-electron chi connectivity index (χ2n) is 8.85. The lowest BCUT2D eigenvalue weighted by Crippen LogP contribution is -2.50. The van der Waals surface area contributed by atoms with Crippen LogP contribution in [0.5, 0.6) is 0 Å². The molecule has 2 aliphatic rings. The first kappa shape index (κ1) is 20.4. The number of amides is 3. The van der Waals surface area contributed by atoms with E-state index in [-0.39, 0.29) is 36.1 Å². The molecule has 0 saturated carbocycles. The number of hydrogen-bond acceptors (Lipinski definition) is 3. The average molecular weight is 386 g/mol. The monoisotopic (exact) mass is 385 g/mol. The fourth-order valence-corrected chi connectivity index (χ4v) is 4.14. The van der Waals surface area contributed by atoms with Crippen LogP contribution in [0.3, 0.4) is 0 Å². The molecular weight excluding hydrogens is 354 g/mol. The van der Waals surface area contributed by atoms with E-state index in [0.29, 0.717) is 26.2 Å². The Bertz CT molecular complexity index is 726. The highest BCUT2D eigenvalue weighted by Gasteiger charge is 2.38. The number of carbonyl (C=O) groups is 3. The Morgan fingerprint density at radius 2 is 1.82 bits per heavy atom. The fourth-order valence-electron chi connectivity index (χ4n) is 4.14. The van der Waals surface area contributed by atoms with Gasteiger partial charge in [-0.1, -0.05) is 51.1 Å². The Morgan fingerprint density at radius 3 is 2.50 bits per heavy atom. The first-order valence-corrected chi connectivity index (χ1v) is 10.2. The number of benzene rings is 1. The minimum atomic E-state index is -0.448. The van der Waals surface area contributed by atoms with E-state index in [1.807, 2.05) is 60.9 Å². The number of hydrogen-bond donors (Lipinski definition) is 1. The van der Waals surface area contributed by atoms with E-state index in [0.717, 1.165) is 18.4 Å². The zero-order valence-corrected chi connectivity index (χ0v) is 17.1. The summed E-state index contributed by atoms with van der Waals surface area (Å²) in [7, 11) is 0. The quantitative estimate of drug-likeness (QED) is 0.850. The molecule has 0 unspecified atom stereocenters. The summed E-state index contributed by atoms with van der Waals surface area (Å²) in [5.41, 5.74) is 0.530. The first-order valence-electron chi connectivity index (χ1n) is 10.2. The van der Waals surface area contributed by atoms with Gasteiger partial charge in [0.05, 0.1) is 18.4 Å². The summed E-state index contributed by atoms with van der Waals surface area (Å²) in [6.45, 7) is 7.88. The molecule has 3 amide bonds. The van der Waals surface area contributed by atoms with E-state index < -0.39 is 5.41 Å². The van der Waals surface area contributed by atoms with Gasteiger partial charge in [-0.05, 0) is 18.4 Å². The van der Waals surface area contributed by atoms with Crippen LogP contribution < -0.4 is 5.32 Å². The smallest absolute Gasteiger partial charge is 0.228 e. The van der Waals surface area contributed by atoms with Crippen LogP contribution in [0.2, 0.25) is 0 Å². The minimum Gasteiger partial charge on any atom is -0.354 e. The molecule has 2 heterocycles. The average Bonchev–Trinajstić information content (AvgIpc) is 2.88. The third-order valence-electron chi connectivity index (χ3n) is 5.60. The molecule has 1 N–H and O–H groups in total. The minimum absolute atomic E-state index is 0.0302. The maximum absolute atomic E-state index is 13.5. The normalized spacial score (nSPS) is 23.8. The van der Waals surface area contributed by atoms with E-state index in [1.165, 1.54) is 0 Å². The Hall–Kier alpha value is -2.37. The highest BCUT2D eigenvalue weighted by Crippen LogP contribution is 2.30. The van der Waals surface area contributed by atoms with Crippen LogP contribution in [0.15, 0.2) is 30.3 Å². The molecule has 1 aromatic rings. The standard InChI is InChI=1S/C22H31N3O3/c1-22(2,3)21(28)24-12-7-10-17(15-24)20(27)25-13-11-23-19(26)14-18(25)16-8-5-4-6-9-16/h4-6,8-9,17-18H,7,10-15H2,1-3H3,(H,23,26)/t17-,18+/m0/s1. The topological polar surface area (TPSA) is 69.7 Å². The molecular formula is C22H31N3O3. The van der Waals surface area contributed by atoms with Crippen molar-refractivity contribution < 1.29 is 14.4 Å². The van der Waals surface area contributed by atoms with Crippen LogP contribution >= 0.6 is 0 Å². The van der Waals surface area contributed by atoms with Gasteiger partial charge in [-0.25, -0.2) is 0 Å². The zero-order chi connectivity index (χ0) is 20.3. The lowest BCUT2D eigenvalue weighted by Gasteiger charge is -2.39. The highest BCUT2D eigenvalue weighted by molar-refractivity contribution is 5.85. The Morgan fingerprint density at radius 1 is 1.11 bits per heavy atom. The highest BCUT2D eigenvalue weighted by atomic mass is 16.2. The van der Waals surface area contributed by atoms with Crippen molar-refractivity contribution in [1.82, 2.24) is 15.1 Å². The first-order chi connectivity index (χ1) is 13.3. The summed E-state index contributed by atoms with van der Waals surface area (Å²) in [6.07, 6.45) is 1.89. The predicted octanol–water partition coefficient (Wildman–Crippen LogP) is 2.36. The second kappa shape index (κ2) is 8.33. The van der Waals surface area contributed by atoms with Crippen molar-refractivity contribution >= 4 is 17.7 Å². The van der Waals surface area contributed by atoms with Crippen LogP contribution in [0.25, 0.3) is 0 Å². The van der Waals surface area contributed by atoms with Crippen LogP contribution in [-0.4, -0.2) is 53.7 Å². The van der Waals surface area contributed by atoms with Crippen LogP contribution in [0.4, 0.5) is 0 Å². The molecule has 0 aromatic heterocycles. The van der Waals surface area contributed by atoms with Crippen LogP contribution in [-0.2, 0) is 14.4 Å². The summed E-state index contributed by atoms with van der Waals surface area (Å²) >= 11 is 0. The largest absolute Gasteiger partial charge is 0.354 e. The third kappa shape index (κ3) is 4.54. The molecule has 0 spiro atoms. The van der Waals surface area contributed by atoms with Crippen molar-refractivity contribution in [2.45, 2.75) is 46.1 Å². The molecule has 152 valence electrons. The van der Waals surface area contributed by atoms with Gasteiger partial charge in [0.25, 0.3) is 0 Å². The van der Waals surface area contributed by atoms with Crippen molar-refractivity contribution in [3.8, 4) is 0 Å². The van der Waals surface area contributed by atoms with Crippen molar-refractivity contribution in [3.05, 3.63) is 35.9 Å². The Labute approximate surface area is 167 Å². The van der Waals surface area contributed by atoms with Gasteiger partial charge in [-0.2, -0.15) is 0 Å². The van der Waals surface area contributed by atoms with Gasteiger partial charge in [0.15, 0.2) is 0 Å². The summed E-state index contributed by atoms with van der Waals surface area (Å²) in [5, 5.41) is 2.88. The summed E-state index contributed by atoms with van der Waals surface area (Å²) in [6, 6.07) is 9.49. The molecule has 2 aliphatic heterocycles. The molecule has 28 heavy (non-hydrogen) atoms. The molecule has 3 rings (SSSR count). The summed E-state index contributed by atoms with van der Waals surface area (Å²) < 4.78 is 0. The van der Waals surface area contributed by atoms with Gasteiger partial charge in [0.2, 0.25) is 17.7 Å². The SMILES string of the molecule is CC(C)(C)C(=O)N1CCC[C@H](C(=O)N2CCNC(=O)C[C@@H]2c2ccccc2)C1. The van der Waals surface area contributed by atoms with E-state index in [4.69, 9.17) is 0 Å². The van der Waals surface area contributed by atoms with Gasteiger partial charge >= 0.3 is 0 Å². The second-order valence-corrected chi connectivity index (χ2v) is 8.85. The third-order valence-corrected chi connectivity index (χ3v) is 5.60. The van der Waals surface area contributed by atoms with E-state index in [1.54, 1.807) is 0 Å². The van der Waals surface area contributed by atoms with Crippen LogP contribution in [0, 0.1) is 11.3 Å². The zero-order valence-electron chi connectivity index (χ0n) is 17.1. The van der Waals surface area contributed by atoms with Gasteiger partial charge in [-0.3, -0.25) is 14.4 Å². The molecule has 1 aromatic carbocycles. The van der Waals surface area contributed by atoms with E-state index in [9.17, 15) is 14.4 Å². The van der Waals surface area contributed by atoms with Crippen LogP contribution in [0.1, 0.15) is 51.6 Å². The Balaban J connectivity index is 1.80. The van der Waals surface area contributed by atoms with E-state index >= 15 is 0 Å². The number of carbonyl (C=O) groups excluding carboxylic acids is 3. The Kier molecular flexibility index (Phi) is 6.06. The number of piperidine rings is 1. The lowest BCUT2D eigenvalue weighted by molar-refractivity contribution is -0.146. The van der Waals surface area contributed by atoms with Crippen molar-refractivity contribution in [3.63, 3.8) is 0 Å². The van der Waals surface area contributed by atoms with Gasteiger partial charge in [0, 0.05) is 31.6 Å². The molecule has 6 heteroatoms. The van der Waals surface area contributed by atoms with Crippen molar-refractivity contribution in [2.24, 2.45) is 11.3 Å². The molecule has 6 nitrogen and oxygen atoms in total. The summed E-state index contributed by atoms with van der Waals surface area (Å²) in [5.74, 6) is -0.0918. The van der Waals surface area contributed by atoms with E-state index in [2.05, 4.69) is 5.32 Å². The van der Waals surface area contributed by atoms with Gasteiger partial charge in [0.1, 0.15) is 0 Å². The van der Waals surface area contributed by atoms with Gasteiger partial charge in [-0.15, -0.1) is 0 Å². The molecule has 2 saturated heterocycles. The predicted molar refractivity (Wildman–Crippen MR) is 107 cm³/mol. The molecule has 0 bridgehead atoms. The maximum atomic E-state index is 13.5. The maximum Gasteiger partial charge on any atom is 0.228 e. The van der Waals surface area contributed by atoms with Gasteiger partial charge < -0.3 is 15.1 Å². The fraction of sp³-hybridized carbons (Fsp3) is 0.591. The number of nitrogens with one attached hydrogen (secondary N) is 1. The molecule has 0 aliphatic carbocycles. The van der Waals surface area contributed by atoms with Crippen molar-refractivity contribution in [2.75, 3.05) is 26.2 Å². The number of rotatable bonds is 2. The lowest BCUT2D eigenvalue weighted by atomic mass is 9.90. The number of nitrogens with zero attached hydrogens (tertiary/aromatic N) is 2.